The van der Waals surface area contributed by atoms with Gasteiger partial charge in [0.2, 0.25) is 5.91 Å². The highest BCUT2D eigenvalue weighted by Crippen LogP contribution is 2.30. The Bertz CT molecular complexity index is 1240. The first kappa shape index (κ1) is 22.6. The molecule has 1 unspecified atom stereocenters. The van der Waals surface area contributed by atoms with E-state index in [1.54, 1.807) is 35.8 Å². The molecule has 4 rings (SSSR count). The minimum atomic E-state index is -0.461. The minimum absolute atomic E-state index is 0.195. The molecule has 0 spiro atoms. The van der Waals surface area contributed by atoms with Crippen molar-refractivity contribution in [2.24, 2.45) is 5.73 Å². The van der Waals surface area contributed by atoms with Crippen LogP contribution >= 0.6 is 22.7 Å². The van der Waals surface area contributed by atoms with Gasteiger partial charge >= 0.3 is 5.97 Å². The van der Waals surface area contributed by atoms with Crippen LogP contribution in [0.5, 0.6) is 0 Å². The lowest BCUT2D eigenvalue weighted by molar-refractivity contribution is 0.0520. The molecular weight excluding hydrogens is 456 g/mol. The van der Waals surface area contributed by atoms with Crippen LogP contribution in [0.3, 0.4) is 0 Å². The second-order valence-electron chi connectivity index (χ2n) is 7.16. The molecule has 0 aliphatic heterocycles. The molecule has 0 saturated heterocycles. The highest BCUT2D eigenvalue weighted by Gasteiger charge is 2.20. The molecule has 33 heavy (non-hydrogen) atoms. The van der Waals surface area contributed by atoms with Crippen LogP contribution in [-0.4, -0.2) is 28.5 Å². The number of carbonyl (C=O) groups excluding carboxylic acids is 2. The number of rotatable bonds is 9. The number of hydrogen-bond donors (Lipinski definition) is 2. The topological polar surface area (TPSA) is 107 Å². The molecule has 0 aliphatic rings. The number of nitrogens with two attached hydrogens (primary N) is 1. The van der Waals surface area contributed by atoms with Crippen LogP contribution in [0.15, 0.2) is 65.4 Å². The summed E-state index contributed by atoms with van der Waals surface area (Å²) in [5.41, 5.74) is 9.02. The van der Waals surface area contributed by atoms with Gasteiger partial charge in [0.15, 0.2) is 10.8 Å². The number of carbonyl (C=O) groups is 2. The number of thiazole rings is 2. The lowest BCUT2D eigenvalue weighted by atomic mass is 10.0. The van der Waals surface area contributed by atoms with Crippen LogP contribution in [-0.2, 0) is 11.2 Å². The van der Waals surface area contributed by atoms with Gasteiger partial charge in [-0.05, 0) is 31.0 Å². The fourth-order valence-corrected chi connectivity index (χ4v) is 4.83. The summed E-state index contributed by atoms with van der Waals surface area (Å²) in [5.74, 6) is -0.905. The van der Waals surface area contributed by atoms with E-state index in [0.29, 0.717) is 23.7 Å². The van der Waals surface area contributed by atoms with E-state index >= 15 is 0 Å². The third-order valence-electron chi connectivity index (χ3n) is 4.86. The highest BCUT2D eigenvalue weighted by molar-refractivity contribution is 7.14. The first-order valence-electron chi connectivity index (χ1n) is 10.3. The van der Waals surface area contributed by atoms with Crippen molar-refractivity contribution in [1.29, 1.82) is 0 Å². The van der Waals surface area contributed by atoms with Crippen molar-refractivity contribution < 1.29 is 14.3 Å². The van der Waals surface area contributed by atoms with Crippen LogP contribution in [0.1, 0.15) is 45.1 Å². The Balaban J connectivity index is 1.60. The van der Waals surface area contributed by atoms with Crippen LogP contribution in [0.2, 0.25) is 0 Å². The number of anilines is 1. The largest absolute Gasteiger partial charge is 0.461 e. The molecule has 2 aromatic carbocycles. The molecular formula is C24H22N4O3S2. The Morgan fingerprint density at radius 3 is 2.48 bits per heavy atom. The fourth-order valence-electron chi connectivity index (χ4n) is 3.22. The van der Waals surface area contributed by atoms with E-state index in [2.05, 4.69) is 10.3 Å². The second-order valence-corrected chi connectivity index (χ2v) is 8.88. The normalized spacial score (nSPS) is 11.7. The number of primary amides is 1. The molecule has 0 saturated carbocycles. The van der Waals surface area contributed by atoms with E-state index in [0.717, 1.165) is 21.8 Å². The van der Waals surface area contributed by atoms with Crippen molar-refractivity contribution in [2.45, 2.75) is 19.4 Å². The van der Waals surface area contributed by atoms with E-state index in [-0.39, 0.29) is 11.7 Å². The number of amides is 1. The van der Waals surface area contributed by atoms with Gasteiger partial charge in [0.1, 0.15) is 5.01 Å². The van der Waals surface area contributed by atoms with Crippen LogP contribution in [0.25, 0.3) is 10.6 Å². The summed E-state index contributed by atoms with van der Waals surface area (Å²) in [6, 6.07) is 17.0. The lowest BCUT2D eigenvalue weighted by Crippen LogP contribution is -2.15. The number of hydrogen-bond acceptors (Lipinski definition) is 8. The van der Waals surface area contributed by atoms with Gasteiger partial charge in [0.05, 0.1) is 18.3 Å². The van der Waals surface area contributed by atoms with Gasteiger partial charge in [-0.1, -0.05) is 42.5 Å². The third kappa shape index (κ3) is 5.63. The zero-order valence-corrected chi connectivity index (χ0v) is 19.5. The van der Waals surface area contributed by atoms with E-state index in [1.807, 2.05) is 47.8 Å². The number of ether oxygens (including phenoxy) is 1. The Morgan fingerprint density at radius 1 is 1.03 bits per heavy atom. The number of esters is 1. The van der Waals surface area contributed by atoms with Gasteiger partial charge in [-0.3, -0.25) is 4.79 Å². The summed E-state index contributed by atoms with van der Waals surface area (Å²) in [6.07, 6.45) is 0.603. The summed E-state index contributed by atoms with van der Waals surface area (Å²) in [7, 11) is 0. The fraction of sp³-hybridized carbons (Fsp3) is 0.167. The van der Waals surface area contributed by atoms with E-state index < -0.39 is 11.9 Å². The Labute approximate surface area is 199 Å². The number of aromatic nitrogens is 2. The average molecular weight is 479 g/mol. The summed E-state index contributed by atoms with van der Waals surface area (Å²) in [4.78, 5) is 32.6. The molecule has 3 N–H and O–H groups in total. The van der Waals surface area contributed by atoms with Crippen molar-refractivity contribution in [2.75, 3.05) is 11.9 Å². The predicted molar refractivity (Wildman–Crippen MR) is 131 cm³/mol. The maximum absolute atomic E-state index is 12.0. The van der Waals surface area contributed by atoms with Gasteiger partial charge in [-0.15, -0.1) is 22.7 Å². The first-order chi connectivity index (χ1) is 16.0. The number of nitrogens with one attached hydrogen (secondary N) is 1. The molecule has 1 amide bonds. The molecule has 168 valence electrons. The zero-order chi connectivity index (χ0) is 23.2. The summed E-state index contributed by atoms with van der Waals surface area (Å²) in [6.45, 7) is 2.06. The monoisotopic (exact) mass is 478 g/mol. The predicted octanol–water partition coefficient (Wildman–Crippen LogP) is 4.94. The van der Waals surface area contributed by atoms with Crippen LogP contribution in [0, 0.1) is 0 Å². The minimum Gasteiger partial charge on any atom is -0.461 e. The molecule has 2 heterocycles. The van der Waals surface area contributed by atoms with Gasteiger partial charge in [0, 0.05) is 21.9 Å². The molecule has 0 fully saturated rings. The smallest absolute Gasteiger partial charge is 0.357 e. The van der Waals surface area contributed by atoms with Crippen molar-refractivity contribution >= 4 is 39.7 Å². The molecule has 2 aromatic heterocycles. The molecule has 9 heteroatoms. The summed E-state index contributed by atoms with van der Waals surface area (Å²) >= 11 is 2.91. The van der Waals surface area contributed by atoms with Gasteiger partial charge < -0.3 is 15.8 Å². The van der Waals surface area contributed by atoms with E-state index in [1.165, 1.54) is 11.3 Å². The zero-order valence-electron chi connectivity index (χ0n) is 17.9. The standard InChI is InChI=1S/C24H22N4O3S2/c1-2-31-23(30)20-14-33-24(28-20)27-18(12-15-8-10-16(11-9-15)21(25)29)19-13-32-22(26-19)17-6-4-3-5-7-17/h3-11,13-14,18H,2,12H2,1H3,(H2,25,29)(H,27,28). The van der Waals surface area contributed by atoms with Crippen molar-refractivity contribution in [3.05, 3.63) is 87.9 Å². The van der Waals surface area contributed by atoms with E-state index in [9.17, 15) is 9.59 Å². The maximum Gasteiger partial charge on any atom is 0.357 e. The summed E-state index contributed by atoms with van der Waals surface area (Å²) < 4.78 is 5.04. The molecule has 1 atom stereocenters. The number of benzene rings is 2. The van der Waals surface area contributed by atoms with Crippen LogP contribution in [0.4, 0.5) is 5.13 Å². The summed E-state index contributed by atoms with van der Waals surface area (Å²) in [5, 5.41) is 8.64. The Hall–Kier alpha value is -3.56. The van der Waals surface area contributed by atoms with Crippen molar-refractivity contribution in [3.8, 4) is 10.6 Å². The molecule has 0 aliphatic carbocycles. The molecule has 4 aromatic rings. The quantitative estimate of drug-likeness (QED) is 0.330. The first-order valence-corrected chi connectivity index (χ1v) is 12.1. The van der Waals surface area contributed by atoms with Gasteiger partial charge in [-0.25, -0.2) is 14.8 Å². The van der Waals surface area contributed by atoms with E-state index in [4.69, 9.17) is 15.5 Å². The maximum atomic E-state index is 12.0. The van der Waals surface area contributed by atoms with Crippen LogP contribution < -0.4 is 11.1 Å². The average Bonchev–Trinajstić information content (AvgIpc) is 3.50. The molecule has 7 nitrogen and oxygen atoms in total. The Kier molecular flexibility index (Phi) is 7.11. The van der Waals surface area contributed by atoms with Crippen molar-refractivity contribution in [1.82, 2.24) is 9.97 Å². The lowest BCUT2D eigenvalue weighted by Gasteiger charge is -2.16. The second kappa shape index (κ2) is 10.4. The third-order valence-corrected chi connectivity index (χ3v) is 6.55. The highest BCUT2D eigenvalue weighted by atomic mass is 32.1. The molecule has 0 bridgehead atoms. The molecule has 0 radical (unpaired) electrons. The SMILES string of the molecule is CCOC(=O)c1csc(NC(Cc2ccc(C(N)=O)cc2)c2csc(-c3ccccc3)n2)n1. The number of nitrogens with zero attached hydrogens (tertiary/aromatic N) is 2. The van der Waals surface area contributed by atoms with Crippen molar-refractivity contribution in [3.63, 3.8) is 0 Å². The van der Waals surface area contributed by atoms with Gasteiger partial charge in [-0.2, -0.15) is 0 Å². The van der Waals surface area contributed by atoms with Gasteiger partial charge in [0.25, 0.3) is 0 Å². The Morgan fingerprint density at radius 2 is 1.79 bits per heavy atom.